The van der Waals surface area contributed by atoms with Crippen molar-refractivity contribution in [3.63, 3.8) is 0 Å². The Morgan fingerprint density at radius 1 is 1.11 bits per heavy atom. The van der Waals surface area contributed by atoms with E-state index in [0.29, 0.717) is 18.6 Å². The summed E-state index contributed by atoms with van der Waals surface area (Å²) in [6, 6.07) is 0. The van der Waals surface area contributed by atoms with Gasteiger partial charge in [0, 0.05) is 37.7 Å². The molecule has 0 aromatic heterocycles. The zero-order valence-electron chi connectivity index (χ0n) is 21.2. The minimum Gasteiger partial charge on any atom is -0.462 e. The summed E-state index contributed by atoms with van der Waals surface area (Å²) < 4.78 is 33.5. The van der Waals surface area contributed by atoms with E-state index in [1.807, 2.05) is 13.8 Å². The predicted molar refractivity (Wildman–Crippen MR) is 120 cm³/mol. The van der Waals surface area contributed by atoms with Crippen molar-refractivity contribution in [3.05, 3.63) is 11.8 Å². The number of rotatable bonds is 10. The summed E-state index contributed by atoms with van der Waals surface area (Å²) in [6.07, 6.45) is 0.466. The van der Waals surface area contributed by atoms with Crippen molar-refractivity contribution < 1.29 is 47.6 Å². The van der Waals surface area contributed by atoms with Crippen molar-refractivity contribution in [2.75, 3.05) is 13.2 Å². The van der Waals surface area contributed by atoms with Gasteiger partial charge in [-0.1, -0.05) is 34.1 Å². The zero-order chi connectivity index (χ0) is 25.9. The van der Waals surface area contributed by atoms with Gasteiger partial charge in [-0.15, -0.1) is 0 Å². The number of ether oxygens (including phenoxy) is 6. The minimum atomic E-state index is -1.03. The molecule has 1 saturated carbocycles. The van der Waals surface area contributed by atoms with E-state index in [1.165, 1.54) is 20.1 Å². The summed E-state index contributed by atoms with van der Waals surface area (Å²) in [7, 11) is 0. The molecular formula is C25H36O10. The second kappa shape index (κ2) is 11.0. The molecule has 0 bridgehead atoms. The number of hydrogen-bond donors (Lipinski definition) is 0. The van der Waals surface area contributed by atoms with Gasteiger partial charge in [-0.3, -0.25) is 14.4 Å². The highest BCUT2D eigenvalue weighted by Crippen LogP contribution is 2.57. The fourth-order valence-corrected chi connectivity index (χ4v) is 4.79. The van der Waals surface area contributed by atoms with Gasteiger partial charge in [0.05, 0.1) is 18.8 Å². The van der Waals surface area contributed by atoms with Crippen molar-refractivity contribution in [1.82, 2.24) is 0 Å². The third kappa shape index (κ3) is 6.15. The van der Waals surface area contributed by atoms with Gasteiger partial charge in [-0.05, 0) is 12.3 Å². The Balaban J connectivity index is 1.77. The number of carbonyl (C=O) groups is 4. The first-order chi connectivity index (χ1) is 16.5. The first kappa shape index (κ1) is 27.0. The molecular weight excluding hydrogens is 460 g/mol. The van der Waals surface area contributed by atoms with Crippen molar-refractivity contribution in [3.8, 4) is 0 Å². The summed E-state index contributed by atoms with van der Waals surface area (Å²) in [5.74, 6) is -2.85. The maximum absolute atomic E-state index is 12.6. The van der Waals surface area contributed by atoms with Gasteiger partial charge in [-0.25, -0.2) is 4.79 Å². The number of esters is 4. The van der Waals surface area contributed by atoms with Crippen molar-refractivity contribution in [1.29, 1.82) is 0 Å². The lowest BCUT2D eigenvalue weighted by molar-refractivity contribution is -0.193. The number of fused-ring (bicyclic) bond motifs is 2. The van der Waals surface area contributed by atoms with Crippen LogP contribution in [0.4, 0.5) is 0 Å². The van der Waals surface area contributed by atoms with Crippen LogP contribution in [0.2, 0.25) is 0 Å². The Kier molecular flexibility index (Phi) is 8.46. The van der Waals surface area contributed by atoms with Gasteiger partial charge < -0.3 is 28.4 Å². The lowest BCUT2D eigenvalue weighted by atomic mass is 9.83. The zero-order valence-corrected chi connectivity index (χ0v) is 21.2. The van der Waals surface area contributed by atoms with Gasteiger partial charge in [-0.2, -0.15) is 0 Å². The Bertz CT molecular complexity index is 858. The fourth-order valence-electron chi connectivity index (χ4n) is 4.79. The van der Waals surface area contributed by atoms with E-state index in [-0.39, 0.29) is 36.8 Å². The first-order valence-corrected chi connectivity index (χ1v) is 12.2. The van der Waals surface area contributed by atoms with E-state index in [4.69, 9.17) is 28.4 Å². The average Bonchev–Trinajstić information content (AvgIpc) is 3.50. The molecule has 0 amide bonds. The Morgan fingerprint density at radius 2 is 1.80 bits per heavy atom. The topological polar surface area (TPSA) is 127 Å². The second-order valence-electron chi connectivity index (χ2n) is 10.00. The fraction of sp³-hybridized carbons (Fsp3) is 0.760. The third-order valence-electron chi connectivity index (χ3n) is 6.89. The maximum Gasteiger partial charge on any atom is 0.348 e. The maximum atomic E-state index is 12.6. The molecule has 35 heavy (non-hydrogen) atoms. The van der Waals surface area contributed by atoms with E-state index in [0.717, 1.165) is 6.42 Å². The molecule has 1 aliphatic carbocycles. The number of carbonyl (C=O) groups excluding carboxylic acids is 4. The largest absolute Gasteiger partial charge is 0.462 e. The molecule has 2 heterocycles. The van der Waals surface area contributed by atoms with Gasteiger partial charge in [0.15, 0.2) is 0 Å². The molecule has 2 aliphatic heterocycles. The average molecular weight is 497 g/mol. The van der Waals surface area contributed by atoms with E-state index in [1.54, 1.807) is 13.8 Å². The van der Waals surface area contributed by atoms with Crippen LogP contribution in [0.1, 0.15) is 60.8 Å². The third-order valence-corrected chi connectivity index (χ3v) is 6.89. The molecule has 0 aromatic rings. The van der Waals surface area contributed by atoms with Crippen LogP contribution >= 0.6 is 0 Å². The predicted octanol–water partition coefficient (Wildman–Crippen LogP) is 2.67. The highest BCUT2D eigenvalue weighted by molar-refractivity contribution is 5.79. The van der Waals surface area contributed by atoms with Crippen molar-refractivity contribution in [2.24, 2.45) is 23.7 Å². The van der Waals surface area contributed by atoms with Gasteiger partial charge >= 0.3 is 23.9 Å². The van der Waals surface area contributed by atoms with Crippen LogP contribution < -0.4 is 0 Å². The molecule has 0 aromatic carbocycles. The number of hydrogen-bond acceptors (Lipinski definition) is 10. The normalized spacial score (nSPS) is 30.4. The van der Waals surface area contributed by atoms with Crippen molar-refractivity contribution in [2.45, 2.75) is 84.9 Å². The Labute approximate surface area is 205 Å². The molecule has 1 saturated heterocycles. The van der Waals surface area contributed by atoms with Gasteiger partial charge in [0.25, 0.3) is 0 Å². The molecule has 0 N–H and O–H groups in total. The summed E-state index contributed by atoms with van der Waals surface area (Å²) in [5.41, 5.74) is -0.174. The lowest BCUT2D eigenvalue weighted by Crippen LogP contribution is -2.45. The molecule has 7 atom stereocenters. The lowest BCUT2D eigenvalue weighted by Gasteiger charge is -2.35. The molecule has 2 fully saturated rings. The highest BCUT2D eigenvalue weighted by atomic mass is 16.7. The van der Waals surface area contributed by atoms with Crippen LogP contribution in [0.15, 0.2) is 11.8 Å². The molecule has 196 valence electrons. The minimum absolute atomic E-state index is 0.110. The molecule has 7 unspecified atom stereocenters. The van der Waals surface area contributed by atoms with Crippen LogP contribution in [0, 0.1) is 23.7 Å². The molecule has 10 nitrogen and oxygen atoms in total. The van der Waals surface area contributed by atoms with Gasteiger partial charge in [0.2, 0.25) is 12.4 Å². The standard InChI is InChI=1S/C25H36O10/c1-7-14(4)8-20(28)35-24-21-18(9-19(33-15(5)26)25(21)12-32-25)17(11-31-24)10-30-23(29)22(13(2)3)34-16(6)27/h11,13-14,18-19,21-22,24H,7-10,12H2,1-6H3. The molecule has 1 spiro atoms. The van der Waals surface area contributed by atoms with E-state index >= 15 is 0 Å². The Morgan fingerprint density at radius 3 is 2.34 bits per heavy atom. The van der Waals surface area contributed by atoms with Crippen LogP contribution in [0.3, 0.4) is 0 Å². The van der Waals surface area contributed by atoms with Gasteiger partial charge in [0.1, 0.15) is 18.3 Å². The number of epoxide rings is 1. The SMILES string of the molecule is CCC(C)CC(=O)OC1OC=C(COC(=O)C(OC(C)=O)C(C)C)C2CC(OC(C)=O)C3(CO3)C12. The molecule has 0 radical (unpaired) electrons. The summed E-state index contributed by atoms with van der Waals surface area (Å²) >= 11 is 0. The Hall–Kier alpha value is -2.62. The van der Waals surface area contributed by atoms with E-state index in [9.17, 15) is 19.2 Å². The van der Waals surface area contributed by atoms with Crippen molar-refractivity contribution >= 4 is 23.9 Å². The summed E-state index contributed by atoms with van der Waals surface area (Å²) in [4.78, 5) is 48.2. The molecule has 3 aliphatic rings. The highest BCUT2D eigenvalue weighted by Gasteiger charge is 2.70. The van der Waals surface area contributed by atoms with Crippen LogP contribution in [-0.2, 0) is 47.6 Å². The van der Waals surface area contributed by atoms with Crippen LogP contribution in [0.25, 0.3) is 0 Å². The smallest absolute Gasteiger partial charge is 0.348 e. The summed E-state index contributed by atoms with van der Waals surface area (Å²) in [6.45, 7) is 10.3. The first-order valence-electron chi connectivity index (χ1n) is 12.2. The van der Waals surface area contributed by atoms with Crippen LogP contribution in [0.5, 0.6) is 0 Å². The van der Waals surface area contributed by atoms with E-state index < -0.39 is 47.9 Å². The second-order valence-corrected chi connectivity index (χ2v) is 10.00. The molecule has 10 heteroatoms. The quantitative estimate of drug-likeness (QED) is 0.253. The van der Waals surface area contributed by atoms with Crippen LogP contribution in [-0.4, -0.2) is 61.2 Å². The molecule has 3 rings (SSSR count). The van der Waals surface area contributed by atoms with E-state index in [2.05, 4.69) is 0 Å². The monoisotopic (exact) mass is 496 g/mol. The summed E-state index contributed by atoms with van der Waals surface area (Å²) in [5, 5.41) is 0.